The SMILES string of the molecule is CC[C@@H](O)c1cc(OC)c(O[C@@H]2O[C@H](CO)[C@@H](O)[C@H](O)[C@H]2O)c(OC)c1. The molecule has 1 aliphatic rings. The average Bonchev–Trinajstić information content (AvgIpc) is 2.67. The molecule has 1 aromatic rings. The molecular weight excluding hydrogens is 348 g/mol. The van der Waals surface area contributed by atoms with E-state index in [1.54, 1.807) is 12.1 Å². The van der Waals surface area contributed by atoms with Gasteiger partial charge >= 0.3 is 0 Å². The third kappa shape index (κ3) is 4.03. The summed E-state index contributed by atoms with van der Waals surface area (Å²) in [6, 6.07) is 3.13. The summed E-state index contributed by atoms with van der Waals surface area (Å²) < 4.78 is 21.6. The van der Waals surface area contributed by atoms with Crippen molar-refractivity contribution in [1.29, 1.82) is 0 Å². The fourth-order valence-corrected chi connectivity index (χ4v) is 2.73. The first-order valence-corrected chi connectivity index (χ1v) is 8.29. The maximum absolute atomic E-state index is 10.1. The summed E-state index contributed by atoms with van der Waals surface area (Å²) in [7, 11) is 2.80. The normalized spacial score (nSPS) is 29.9. The quantitative estimate of drug-likeness (QED) is 0.420. The van der Waals surface area contributed by atoms with Crippen molar-refractivity contribution < 1.29 is 44.5 Å². The Bertz CT molecular complexity index is 567. The van der Waals surface area contributed by atoms with Crippen molar-refractivity contribution in [1.82, 2.24) is 0 Å². The number of benzene rings is 1. The van der Waals surface area contributed by atoms with Gasteiger partial charge in [-0.05, 0) is 24.1 Å². The number of rotatable bonds is 7. The van der Waals surface area contributed by atoms with Gasteiger partial charge in [-0.25, -0.2) is 0 Å². The molecule has 148 valence electrons. The third-order valence-corrected chi connectivity index (χ3v) is 4.34. The molecule has 9 nitrogen and oxygen atoms in total. The Kier molecular flexibility index (Phi) is 7.04. The van der Waals surface area contributed by atoms with E-state index in [0.717, 1.165) is 0 Å². The molecule has 0 saturated carbocycles. The van der Waals surface area contributed by atoms with Crippen LogP contribution in [0.2, 0.25) is 0 Å². The molecule has 2 rings (SSSR count). The van der Waals surface area contributed by atoms with Crippen molar-refractivity contribution in [3.63, 3.8) is 0 Å². The highest BCUT2D eigenvalue weighted by Crippen LogP contribution is 2.42. The van der Waals surface area contributed by atoms with E-state index in [1.807, 2.05) is 6.92 Å². The van der Waals surface area contributed by atoms with Crippen LogP contribution in [0.4, 0.5) is 0 Å². The van der Waals surface area contributed by atoms with Gasteiger partial charge in [0.1, 0.15) is 24.4 Å². The van der Waals surface area contributed by atoms with Crippen LogP contribution in [0.1, 0.15) is 25.0 Å². The minimum atomic E-state index is -1.57. The second-order valence-electron chi connectivity index (χ2n) is 5.99. The van der Waals surface area contributed by atoms with Crippen molar-refractivity contribution >= 4 is 0 Å². The zero-order valence-corrected chi connectivity index (χ0v) is 14.9. The van der Waals surface area contributed by atoms with Crippen LogP contribution in [0.15, 0.2) is 12.1 Å². The Labute approximate surface area is 151 Å². The van der Waals surface area contributed by atoms with Gasteiger partial charge < -0.3 is 44.5 Å². The van der Waals surface area contributed by atoms with Crippen molar-refractivity contribution in [2.75, 3.05) is 20.8 Å². The largest absolute Gasteiger partial charge is 0.493 e. The molecule has 1 aliphatic heterocycles. The maximum Gasteiger partial charge on any atom is 0.229 e. The second kappa shape index (κ2) is 8.85. The molecule has 0 spiro atoms. The lowest BCUT2D eigenvalue weighted by Gasteiger charge is -2.39. The van der Waals surface area contributed by atoms with E-state index in [0.29, 0.717) is 12.0 Å². The van der Waals surface area contributed by atoms with Gasteiger partial charge in [-0.3, -0.25) is 0 Å². The van der Waals surface area contributed by atoms with Crippen molar-refractivity contribution in [2.45, 2.75) is 50.2 Å². The van der Waals surface area contributed by atoms with E-state index in [9.17, 15) is 25.5 Å². The summed E-state index contributed by atoms with van der Waals surface area (Å²) in [5.41, 5.74) is 0.558. The van der Waals surface area contributed by atoms with Crippen LogP contribution in [0.5, 0.6) is 17.2 Å². The minimum absolute atomic E-state index is 0.0892. The Hall–Kier alpha value is -1.62. The van der Waals surface area contributed by atoms with Crippen LogP contribution in [0.3, 0.4) is 0 Å². The van der Waals surface area contributed by atoms with Gasteiger partial charge in [0.05, 0.1) is 26.9 Å². The van der Waals surface area contributed by atoms with Crippen LogP contribution < -0.4 is 14.2 Å². The van der Waals surface area contributed by atoms with Gasteiger partial charge in [-0.2, -0.15) is 0 Å². The number of hydrogen-bond acceptors (Lipinski definition) is 9. The zero-order valence-electron chi connectivity index (χ0n) is 14.9. The Morgan fingerprint density at radius 1 is 1.04 bits per heavy atom. The number of aliphatic hydroxyl groups is 5. The lowest BCUT2D eigenvalue weighted by atomic mass is 9.99. The molecule has 1 fully saturated rings. The summed E-state index contributed by atoms with van der Waals surface area (Å²) in [5.74, 6) is 0.541. The fraction of sp³-hybridized carbons (Fsp3) is 0.647. The molecule has 0 bridgehead atoms. The highest BCUT2D eigenvalue weighted by Gasteiger charge is 2.45. The highest BCUT2D eigenvalue weighted by atomic mass is 16.7. The van der Waals surface area contributed by atoms with Crippen LogP contribution in [-0.4, -0.2) is 77.1 Å². The summed E-state index contributed by atoms with van der Waals surface area (Å²) in [5, 5.41) is 49.2. The number of hydrogen-bond donors (Lipinski definition) is 5. The van der Waals surface area contributed by atoms with Crippen molar-refractivity contribution in [3.8, 4) is 17.2 Å². The summed E-state index contributed by atoms with van der Waals surface area (Å²) in [4.78, 5) is 0. The lowest BCUT2D eigenvalue weighted by molar-refractivity contribution is -0.277. The predicted octanol–water partition coefficient (Wildman–Crippen LogP) is -0.674. The summed E-state index contributed by atoms with van der Waals surface area (Å²) in [6.07, 6.45) is -7.34. The van der Waals surface area contributed by atoms with Gasteiger partial charge in [-0.15, -0.1) is 0 Å². The third-order valence-electron chi connectivity index (χ3n) is 4.34. The molecule has 6 atom stereocenters. The van der Waals surface area contributed by atoms with Crippen molar-refractivity contribution in [2.24, 2.45) is 0 Å². The maximum atomic E-state index is 10.1. The minimum Gasteiger partial charge on any atom is -0.493 e. The van der Waals surface area contributed by atoms with E-state index in [2.05, 4.69) is 0 Å². The predicted molar refractivity (Wildman–Crippen MR) is 89.2 cm³/mol. The number of aliphatic hydroxyl groups excluding tert-OH is 5. The lowest BCUT2D eigenvalue weighted by Crippen LogP contribution is -2.60. The monoisotopic (exact) mass is 374 g/mol. The molecule has 0 unspecified atom stereocenters. The standard InChI is InChI=1S/C17H26O9/c1-4-9(19)8-5-10(23-2)16(11(6-8)24-3)26-17-15(22)14(21)13(20)12(7-18)25-17/h5-6,9,12-15,17-22H,4,7H2,1-3H3/t9-,12-,13-,14+,15-,17+/m1/s1. The molecular formula is C17H26O9. The molecule has 9 heteroatoms. The first-order chi connectivity index (χ1) is 12.4. The van der Waals surface area contributed by atoms with Crippen LogP contribution >= 0.6 is 0 Å². The van der Waals surface area contributed by atoms with Crippen LogP contribution in [0.25, 0.3) is 0 Å². The van der Waals surface area contributed by atoms with Gasteiger partial charge in [0.15, 0.2) is 11.5 Å². The molecule has 1 aromatic carbocycles. The molecule has 0 aromatic heterocycles. The van der Waals surface area contributed by atoms with Crippen LogP contribution in [0, 0.1) is 0 Å². The molecule has 0 radical (unpaired) electrons. The Balaban J connectivity index is 2.35. The van der Waals surface area contributed by atoms with Gasteiger partial charge in [0.25, 0.3) is 0 Å². The first kappa shape index (κ1) is 20.7. The van der Waals surface area contributed by atoms with E-state index < -0.39 is 43.4 Å². The van der Waals surface area contributed by atoms with E-state index in [-0.39, 0.29) is 17.2 Å². The fourth-order valence-electron chi connectivity index (χ4n) is 2.73. The summed E-state index contributed by atoms with van der Waals surface area (Å²) >= 11 is 0. The zero-order chi connectivity index (χ0) is 19.4. The second-order valence-corrected chi connectivity index (χ2v) is 5.99. The van der Waals surface area contributed by atoms with E-state index in [4.69, 9.17) is 18.9 Å². The molecule has 0 amide bonds. The molecule has 26 heavy (non-hydrogen) atoms. The molecule has 0 aliphatic carbocycles. The van der Waals surface area contributed by atoms with E-state index >= 15 is 0 Å². The Morgan fingerprint density at radius 2 is 1.62 bits per heavy atom. The first-order valence-electron chi connectivity index (χ1n) is 8.29. The van der Waals surface area contributed by atoms with Gasteiger partial charge in [-0.1, -0.05) is 6.92 Å². The van der Waals surface area contributed by atoms with Gasteiger partial charge in [0.2, 0.25) is 12.0 Å². The summed E-state index contributed by atoms with van der Waals surface area (Å²) in [6.45, 7) is 1.25. The molecule has 5 N–H and O–H groups in total. The molecule has 1 heterocycles. The Morgan fingerprint density at radius 3 is 2.08 bits per heavy atom. The van der Waals surface area contributed by atoms with E-state index in [1.165, 1.54) is 14.2 Å². The van der Waals surface area contributed by atoms with Crippen LogP contribution in [-0.2, 0) is 4.74 Å². The highest BCUT2D eigenvalue weighted by molar-refractivity contribution is 5.54. The van der Waals surface area contributed by atoms with Gasteiger partial charge in [0, 0.05) is 0 Å². The molecule has 1 saturated heterocycles. The number of ether oxygens (including phenoxy) is 4. The smallest absolute Gasteiger partial charge is 0.229 e. The van der Waals surface area contributed by atoms with Crippen molar-refractivity contribution in [3.05, 3.63) is 17.7 Å². The number of methoxy groups -OCH3 is 2. The average molecular weight is 374 g/mol. The topological polar surface area (TPSA) is 138 Å².